The van der Waals surface area contributed by atoms with Crippen molar-refractivity contribution in [3.05, 3.63) is 107 Å². The van der Waals surface area contributed by atoms with Gasteiger partial charge in [-0.25, -0.2) is 4.79 Å². The molecule has 1 aliphatic heterocycles. The summed E-state index contributed by atoms with van der Waals surface area (Å²) >= 11 is 0. The first-order valence-corrected chi connectivity index (χ1v) is 15.0. The quantitative estimate of drug-likeness (QED) is 0.144. The van der Waals surface area contributed by atoms with Crippen LogP contribution in [0.4, 0.5) is 5.69 Å². The van der Waals surface area contributed by atoms with E-state index in [1.165, 1.54) is 36.8 Å². The lowest BCUT2D eigenvalue weighted by atomic mass is 10.00. The fourth-order valence-electron chi connectivity index (χ4n) is 5.75. The van der Waals surface area contributed by atoms with Gasteiger partial charge in [0, 0.05) is 49.8 Å². The Morgan fingerprint density at radius 2 is 1.73 bits per heavy atom. The number of ether oxygens (including phenoxy) is 2. The van der Waals surface area contributed by atoms with E-state index >= 15 is 0 Å². The third-order valence-corrected chi connectivity index (χ3v) is 8.03. The molecule has 0 amide bonds. The van der Waals surface area contributed by atoms with Gasteiger partial charge in [0.05, 0.1) is 0 Å². The van der Waals surface area contributed by atoms with Crippen LogP contribution in [0.3, 0.4) is 0 Å². The van der Waals surface area contributed by atoms with E-state index in [9.17, 15) is 4.79 Å². The highest BCUT2D eigenvalue weighted by atomic mass is 16.7. The normalized spacial score (nSPS) is 15.7. The van der Waals surface area contributed by atoms with E-state index < -0.39 is 5.79 Å². The van der Waals surface area contributed by atoms with E-state index in [0.29, 0.717) is 17.9 Å². The number of esters is 1. The summed E-state index contributed by atoms with van der Waals surface area (Å²) in [5, 5.41) is 0. The maximum atomic E-state index is 12.5. The standard InChI is InChI=1S/C37H41NO3/c1-28(18-19-30-16-10-11-17-30)38(33-24-25-34-35(26-33)40-37(2,3)41-36(34)39)27-32-22-20-31(21-23-32)15-9-5-8-14-29-12-6-4-7-13-29/h4,6-7,12-13,20-26,30H,1,5,8,10-11,14,16-19,27H2,2-3H3. The number of carbonyl (C=O) groups is 1. The van der Waals surface area contributed by atoms with Crippen LogP contribution in [0.5, 0.6) is 5.75 Å². The number of carbonyl (C=O) groups excluding carboxylic acids is 1. The van der Waals surface area contributed by atoms with Crippen molar-refractivity contribution in [3.8, 4) is 17.6 Å². The van der Waals surface area contributed by atoms with Gasteiger partial charge in [-0.1, -0.05) is 86.6 Å². The van der Waals surface area contributed by atoms with Gasteiger partial charge in [0.2, 0.25) is 5.79 Å². The Kier molecular flexibility index (Phi) is 9.14. The minimum Gasteiger partial charge on any atom is -0.452 e. The van der Waals surface area contributed by atoms with Crippen LogP contribution in [0.2, 0.25) is 0 Å². The molecule has 1 heterocycles. The van der Waals surface area contributed by atoms with Crippen LogP contribution in [-0.4, -0.2) is 11.8 Å². The van der Waals surface area contributed by atoms with Gasteiger partial charge in [-0.2, -0.15) is 0 Å². The molecule has 0 N–H and O–H groups in total. The molecule has 3 aromatic carbocycles. The first-order valence-electron chi connectivity index (χ1n) is 15.0. The molecule has 3 aromatic rings. The molecule has 0 aromatic heterocycles. The monoisotopic (exact) mass is 547 g/mol. The molecule has 4 heteroatoms. The number of allylic oxidation sites excluding steroid dienone is 1. The first-order chi connectivity index (χ1) is 19.9. The molecule has 41 heavy (non-hydrogen) atoms. The number of aryl methyl sites for hydroxylation is 1. The number of unbranched alkanes of at least 4 members (excludes halogenated alkanes) is 1. The van der Waals surface area contributed by atoms with Crippen LogP contribution in [0.1, 0.15) is 92.3 Å². The summed E-state index contributed by atoms with van der Waals surface area (Å²) in [5.74, 6) is 6.65. The molecule has 0 saturated heterocycles. The number of hydrogen-bond acceptors (Lipinski definition) is 4. The number of fused-ring (bicyclic) bond motifs is 1. The number of hydrogen-bond donors (Lipinski definition) is 0. The Bertz CT molecular complexity index is 1410. The zero-order valence-corrected chi connectivity index (χ0v) is 24.5. The topological polar surface area (TPSA) is 38.8 Å². The van der Waals surface area contributed by atoms with Crippen molar-refractivity contribution in [1.29, 1.82) is 0 Å². The largest absolute Gasteiger partial charge is 0.452 e. The maximum Gasteiger partial charge on any atom is 0.345 e. The molecular weight excluding hydrogens is 506 g/mol. The lowest BCUT2D eigenvalue weighted by molar-refractivity contribution is -0.127. The van der Waals surface area contributed by atoms with Gasteiger partial charge in [0.25, 0.3) is 0 Å². The molecule has 1 aliphatic carbocycles. The smallest absolute Gasteiger partial charge is 0.345 e. The lowest BCUT2D eigenvalue weighted by Crippen LogP contribution is -2.39. The van der Waals surface area contributed by atoms with E-state index in [0.717, 1.165) is 55.0 Å². The fraction of sp³-hybridized carbons (Fsp3) is 0.378. The first kappa shape index (κ1) is 28.6. The molecule has 1 fully saturated rings. The summed E-state index contributed by atoms with van der Waals surface area (Å²) in [7, 11) is 0. The highest BCUT2D eigenvalue weighted by molar-refractivity contribution is 5.94. The van der Waals surface area contributed by atoms with Crippen molar-refractivity contribution in [2.75, 3.05) is 4.90 Å². The predicted molar refractivity (Wildman–Crippen MR) is 166 cm³/mol. The second kappa shape index (κ2) is 13.1. The zero-order chi connectivity index (χ0) is 28.7. The second-order valence-electron chi connectivity index (χ2n) is 11.8. The molecule has 4 nitrogen and oxygen atoms in total. The Morgan fingerprint density at radius 3 is 2.49 bits per heavy atom. The van der Waals surface area contributed by atoms with E-state index in [-0.39, 0.29) is 5.97 Å². The van der Waals surface area contributed by atoms with Crippen molar-refractivity contribution in [2.45, 2.75) is 84.0 Å². The third-order valence-electron chi connectivity index (χ3n) is 8.03. The SMILES string of the molecule is C=C(CCC1CCCC1)N(Cc1ccc(C#CCCCc2ccccc2)cc1)c1ccc2c(c1)OC(C)(C)OC2=O. The van der Waals surface area contributed by atoms with Gasteiger partial charge in [-0.3, -0.25) is 0 Å². The fourth-order valence-corrected chi connectivity index (χ4v) is 5.75. The Morgan fingerprint density at radius 1 is 0.976 bits per heavy atom. The van der Waals surface area contributed by atoms with E-state index in [1.54, 1.807) is 19.9 Å². The number of anilines is 1. The molecule has 0 unspecified atom stereocenters. The summed E-state index contributed by atoms with van der Waals surface area (Å²) in [6, 6.07) is 24.8. The highest BCUT2D eigenvalue weighted by Gasteiger charge is 2.34. The van der Waals surface area contributed by atoms with Gasteiger partial charge in [-0.05, 0) is 67.0 Å². The average molecular weight is 548 g/mol. The average Bonchev–Trinajstić information content (AvgIpc) is 3.49. The molecule has 0 bridgehead atoms. The van der Waals surface area contributed by atoms with Crippen molar-refractivity contribution >= 4 is 11.7 Å². The van der Waals surface area contributed by atoms with Gasteiger partial charge >= 0.3 is 5.97 Å². The van der Waals surface area contributed by atoms with Crippen molar-refractivity contribution in [3.63, 3.8) is 0 Å². The minimum absolute atomic E-state index is 0.355. The van der Waals surface area contributed by atoms with Crippen molar-refractivity contribution in [2.24, 2.45) is 5.92 Å². The molecule has 0 spiro atoms. The second-order valence-corrected chi connectivity index (χ2v) is 11.8. The summed E-state index contributed by atoms with van der Waals surface area (Å²) in [6.45, 7) is 8.71. The third kappa shape index (κ3) is 7.82. The van der Waals surface area contributed by atoms with Gasteiger partial charge in [-0.15, -0.1) is 0 Å². The molecule has 1 saturated carbocycles. The maximum absolute atomic E-state index is 12.5. The van der Waals surface area contributed by atoms with Gasteiger partial charge in [0.15, 0.2) is 0 Å². The summed E-state index contributed by atoms with van der Waals surface area (Å²) in [5.41, 5.74) is 6.08. The summed E-state index contributed by atoms with van der Waals surface area (Å²) < 4.78 is 11.4. The molecule has 212 valence electrons. The van der Waals surface area contributed by atoms with Crippen LogP contribution in [0, 0.1) is 17.8 Å². The van der Waals surface area contributed by atoms with Crippen molar-refractivity contribution < 1.29 is 14.3 Å². The molecule has 2 aliphatic rings. The number of rotatable bonds is 10. The number of benzene rings is 3. The van der Waals surface area contributed by atoms with Gasteiger partial charge in [0.1, 0.15) is 11.3 Å². The molecule has 5 rings (SSSR count). The highest BCUT2D eigenvalue weighted by Crippen LogP contribution is 2.37. The summed E-state index contributed by atoms with van der Waals surface area (Å²) in [6.07, 6.45) is 10.5. The molecule has 0 atom stereocenters. The van der Waals surface area contributed by atoms with Crippen LogP contribution >= 0.6 is 0 Å². The molecular formula is C37H41NO3. The Hall–Kier alpha value is -3.97. The van der Waals surface area contributed by atoms with E-state index in [2.05, 4.69) is 77.9 Å². The van der Waals surface area contributed by atoms with Crippen LogP contribution < -0.4 is 9.64 Å². The predicted octanol–water partition coefficient (Wildman–Crippen LogP) is 8.84. The van der Waals surface area contributed by atoms with E-state index in [4.69, 9.17) is 9.47 Å². The number of nitrogens with zero attached hydrogens (tertiary/aromatic N) is 1. The van der Waals surface area contributed by atoms with E-state index in [1.807, 2.05) is 12.1 Å². The van der Waals surface area contributed by atoms with Crippen LogP contribution in [0.15, 0.2) is 85.1 Å². The Labute approximate surface area is 245 Å². The Balaban J connectivity index is 1.27. The number of cyclic esters (lactones) is 1. The minimum atomic E-state index is -0.995. The molecule has 0 radical (unpaired) electrons. The van der Waals surface area contributed by atoms with Crippen LogP contribution in [-0.2, 0) is 17.7 Å². The zero-order valence-electron chi connectivity index (χ0n) is 24.5. The lowest BCUT2D eigenvalue weighted by Gasteiger charge is -2.33. The van der Waals surface area contributed by atoms with Crippen LogP contribution in [0.25, 0.3) is 0 Å². The van der Waals surface area contributed by atoms with Crippen molar-refractivity contribution in [1.82, 2.24) is 0 Å². The van der Waals surface area contributed by atoms with Gasteiger partial charge < -0.3 is 14.4 Å². The summed E-state index contributed by atoms with van der Waals surface area (Å²) in [4.78, 5) is 14.8.